The molecule has 1 nitrogen and oxygen atoms in total. The zero-order valence-electron chi connectivity index (χ0n) is 8.22. The highest BCUT2D eigenvalue weighted by atomic mass is 14.6. The molecule has 1 aliphatic rings. The van der Waals surface area contributed by atoms with Crippen molar-refractivity contribution in [2.24, 2.45) is 5.92 Å². The maximum atomic E-state index is 4.01. The molecular weight excluding hydrogens is 170 g/mol. The molecule has 0 saturated heterocycles. The Morgan fingerprint density at radius 2 is 1.93 bits per heavy atom. The van der Waals surface area contributed by atoms with E-state index < -0.39 is 0 Å². The molecule has 1 heterocycles. The average molecular weight is 183 g/mol. The van der Waals surface area contributed by atoms with E-state index >= 15 is 0 Å². The highest BCUT2D eigenvalue weighted by molar-refractivity contribution is 5.75. The lowest BCUT2D eigenvalue weighted by Crippen LogP contribution is -1.81. The Morgan fingerprint density at radius 1 is 1.14 bits per heavy atom. The largest absolute Gasteiger partial charge is 0.265 e. The van der Waals surface area contributed by atoms with E-state index in [1.807, 2.05) is 24.5 Å². The van der Waals surface area contributed by atoms with Crippen molar-refractivity contribution in [2.45, 2.75) is 6.92 Å². The third-order valence-electron chi connectivity index (χ3n) is 2.28. The number of allylic oxidation sites excluding steroid dienone is 6. The summed E-state index contributed by atoms with van der Waals surface area (Å²) >= 11 is 0. The number of nitrogens with zero attached hydrogens (tertiary/aromatic N) is 1. The van der Waals surface area contributed by atoms with E-state index in [9.17, 15) is 0 Å². The molecule has 1 unspecified atom stereocenters. The van der Waals surface area contributed by atoms with E-state index in [2.05, 4.69) is 42.3 Å². The first kappa shape index (κ1) is 8.95. The van der Waals surface area contributed by atoms with Gasteiger partial charge in [-0.2, -0.15) is 0 Å². The molecule has 0 radical (unpaired) electrons. The van der Waals surface area contributed by atoms with E-state index in [0.29, 0.717) is 5.92 Å². The van der Waals surface area contributed by atoms with E-state index in [1.54, 1.807) is 0 Å². The molecule has 1 aromatic heterocycles. The summed E-state index contributed by atoms with van der Waals surface area (Å²) in [7, 11) is 0. The molecule has 0 amide bonds. The van der Waals surface area contributed by atoms with Crippen LogP contribution in [0.4, 0.5) is 0 Å². The van der Waals surface area contributed by atoms with Crippen LogP contribution in [0.1, 0.15) is 12.5 Å². The zero-order chi connectivity index (χ0) is 9.80. The third kappa shape index (κ3) is 1.99. The van der Waals surface area contributed by atoms with Crippen molar-refractivity contribution in [3.63, 3.8) is 0 Å². The Labute approximate surface area is 84.5 Å². The van der Waals surface area contributed by atoms with Gasteiger partial charge in [0.25, 0.3) is 0 Å². The average Bonchev–Trinajstić information content (AvgIpc) is 2.44. The highest BCUT2D eigenvalue weighted by Crippen LogP contribution is 2.18. The fourth-order valence-electron chi connectivity index (χ4n) is 1.45. The number of hydrogen-bond donors (Lipinski definition) is 0. The van der Waals surface area contributed by atoms with Crippen LogP contribution in [0.3, 0.4) is 0 Å². The maximum Gasteiger partial charge on any atom is 0.0273 e. The van der Waals surface area contributed by atoms with Gasteiger partial charge in [-0.3, -0.25) is 4.98 Å². The van der Waals surface area contributed by atoms with E-state index in [1.165, 1.54) is 11.1 Å². The molecular formula is C13H13N. The predicted molar refractivity (Wildman–Crippen MR) is 59.7 cm³/mol. The van der Waals surface area contributed by atoms with Gasteiger partial charge < -0.3 is 0 Å². The van der Waals surface area contributed by atoms with Gasteiger partial charge in [-0.15, -0.1) is 0 Å². The van der Waals surface area contributed by atoms with Crippen LogP contribution in [0.5, 0.6) is 0 Å². The van der Waals surface area contributed by atoms with Gasteiger partial charge in [-0.25, -0.2) is 0 Å². The van der Waals surface area contributed by atoms with E-state index in [0.717, 1.165) is 0 Å². The summed E-state index contributed by atoms with van der Waals surface area (Å²) in [4.78, 5) is 4.01. The number of rotatable bonds is 1. The molecule has 1 atom stereocenters. The zero-order valence-corrected chi connectivity index (χ0v) is 8.22. The lowest BCUT2D eigenvalue weighted by molar-refractivity contribution is 0.943. The molecule has 1 aliphatic carbocycles. The van der Waals surface area contributed by atoms with Gasteiger partial charge in [0.1, 0.15) is 0 Å². The van der Waals surface area contributed by atoms with Crippen molar-refractivity contribution in [1.29, 1.82) is 0 Å². The molecule has 0 saturated carbocycles. The van der Waals surface area contributed by atoms with Crippen LogP contribution in [-0.2, 0) is 0 Å². The standard InChI is InChI=1S/C13H13N/c1-11-3-2-4-12(6-5-11)13-7-9-14-10-8-13/h2-11H,1H3. The minimum absolute atomic E-state index is 0.519. The number of pyridine rings is 1. The Balaban J connectivity index is 2.33. The van der Waals surface area contributed by atoms with Crippen LogP contribution in [0.2, 0.25) is 0 Å². The van der Waals surface area contributed by atoms with Gasteiger partial charge in [0.05, 0.1) is 0 Å². The van der Waals surface area contributed by atoms with E-state index in [-0.39, 0.29) is 0 Å². The first-order chi connectivity index (χ1) is 6.86. The van der Waals surface area contributed by atoms with Crippen molar-refractivity contribution < 1.29 is 0 Å². The second kappa shape index (κ2) is 4.05. The summed E-state index contributed by atoms with van der Waals surface area (Å²) in [5.74, 6) is 0.519. The summed E-state index contributed by atoms with van der Waals surface area (Å²) in [5, 5.41) is 0. The molecule has 14 heavy (non-hydrogen) atoms. The lowest BCUT2D eigenvalue weighted by Gasteiger charge is -1.99. The van der Waals surface area contributed by atoms with Crippen LogP contribution in [0.25, 0.3) is 5.57 Å². The fraction of sp³-hybridized carbons (Fsp3) is 0.154. The Kier molecular flexibility index (Phi) is 2.59. The van der Waals surface area contributed by atoms with Gasteiger partial charge >= 0.3 is 0 Å². The number of aromatic nitrogens is 1. The van der Waals surface area contributed by atoms with Gasteiger partial charge in [-0.1, -0.05) is 37.3 Å². The van der Waals surface area contributed by atoms with Crippen molar-refractivity contribution >= 4 is 5.57 Å². The van der Waals surface area contributed by atoms with Crippen LogP contribution >= 0.6 is 0 Å². The number of hydrogen-bond acceptors (Lipinski definition) is 1. The fourth-order valence-corrected chi connectivity index (χ4v) is 1.45. The molecule has 0 spiro atoms. The molecule has 0 N–H and O–H groups in total. The topological polar surface area (TPSA) is 12.9 Å². The quantitative estimate of drug-likeness (QED) is 0.651. The summed E-state index contributed by atoms with van der Waals surface area (Å²) in [6.07, 6.45) is 14.4. The summed E-state index contributed by atoms with van der Waals surface area (Å²) in [6.45, 7) is 2.18. The molecule has 2 rings (SSSR count). The van der Waals surface area contributed by atoms with Crippen LogP contribution in [0.15, 0.2) is 54.9 Å². The van der Waals surface area contributed by atoms with Crippen molar-refractivity contribution in [3.05, 3.63) is 60.5 Å². The summed E-state index contributed by atoms with van der Waals surface area (Å²) in [5.41, 5.74) is 2.46. The molecule has 1 aromatic rings. The van der Waals surface area contributed by atoms with E-state index in [4.69, 9.17) is 0 Å². The first-order valence-electron chi connectivity index (χ1n) is 4.83. The highest BCUT2D eigenvalue weighted by Gasteiger charge is 1.99. The van der Waals surface area contributed by atoms with Crippen molar-refractivity contribution in [1.82, 2.24) is 4.98 Å². The van der Waals surface area contributed by atoms with Crippen molar-refractivity contribution in [2.75, 3.05) is 0 Å². The minimum Gasteiger partial charge on any atom is -0.265 e. The van der Waals surface area contributed by atoms with Crippen molar-refractivity contribution in [3.8, 4) is 0 Å². The summed E-state index contributed by atoms with van der Waals surface area (Å²) in [6, 6.07) is 4.06. The first-order valence-corrected chi connectivity index (χ1v) is 4.83. The third-order valence-corrected chi connectivity index (χ3v) is 2.28. The SMILES string of the molecule is CC1C=CC=C(c2ccncc2)C=C1. The van der Waals surface area contributed by atoms with Gasteiger partial charge in [0.2, 0.25) is 0 Å². The minimum atomic E-state index is 0.519. The lowest BCUT2D eigenvalue weighted by atomic mass is 10.1. The molecule has 70 valence electrons. The second-order valence-electron chi connectivity index (χ2n) is 3.46. The van der Waals surface area contributed by atoms with Gasteiger partial charge in [0.15, 0.2) is 0 Å². The van der Waals surface area contributed by atoms with Gasteiger partial charge in [0, 0.05) is 12.4 Å². The summed E-state index contributed by atoms with van der Waals surface area (Å²) < 4.78 is 0. The van der Waals surface area contributed by atoms with Gasteiger partial charge in [-0.05, 0) is 29.2 Å². The molecule has 0 bridgehead atoms. The second-order valence-corrected chi connectivity index (χ2v) is 3.46. The Bertz CT molecular complexity index is 385. The predicted octanol–water partition coefficient (Wildman–Crippen LogP) is 3.23. The van der Waals surface area contributed by atoms with Crippen LogP contribution < -0.4 is 0 Å². The van der Waals surface area contributed by atoms with Crippen LogP contribution in [-0.4, -0.2) is 4.98 Å². The van der Waals surface area contributed by atoms with Crippen LogP contribution in [0, 0.1) is 5.92 Å². The molecule has 0 aliphatic heterocycles. The molecule has 0 aromatic carbocycles. The normalized spacial score (nSPS) is 20.4. The smallest absolute Gasteiger partial charge is 0.0273 e. The molecule has 0 fully saturated rings. The Hall–Kier alpha value is -1.63. The monoisotopic (exact) mass is 183 g/mol. The Morgan fingerprint density at radius 3 is 2.71 bits per heavy atom. The molecule has 1 heteroatoms. The maximum absolute atomic E-state index is 4.01.